The molecule has 2 heteroatoms. The van der Waals surface area contributed by atoms with Gasteiger partial charge in [0.2, 0.25) is 0 Å². The summed E-state index contributed by atoms with van der Waals surface area (Å²) in [5.41, 5.74) is 9.10. The van der Waals surface area contributed by atoms with Gasteiger partial charge in [0, 0.05) is 15.1 Å². The molecule has 3 rings (SSSR count). The van der Waals surface area contributed by atoms with Crippen molar-refractivity contribution in [3.8, 4) is 11.1 Å². The summed E-state index contributed by atoms with van der Waals surface area (Å²) in [6.07, 6.45) is 0. The molecular weight excluding hydrogens is 376 g/mol. The number of thiophene rings is 2. The number of fused-ring (bicyclic) bond motifs is 1. The van der Waals surface area contributed by atoms with Crippen molar-refractivity contribution < 1.29 is 0 Å². The molecule has 0 spiro atoms. The molecule has 0 aliphatic heterocycles. The van der Waals surface area contributed by atoms with Gasteiger partial charge in [-0.1, -0.05) is 74.4 Å². The summed E-state index contributed by atoms with van der Waals surface area (Å²) >= 11 is 3.88. The van der Waals surface area contributed by atoms with Crippen LogP contribution in [0.4, 0.5) is 0 Å². The lowest BCUT2D eigenvalue weighted by Gasteiger charge is -2.34. The number of benzene rings is 1. The zero-order valence-corrected chi connectivity index (χ0v) is 21.2. The topological polar surface area (TPSA) is 0 Å². The summed E-state index contributed by atoms with van der Waals surface area (Å²) in [5, 5.41) is 2.32. The second-order valence-corrected chi connectivity index (χ2v) is 13.4. The molecule has 0 fully saturated rings. The third-order valence-corrected chi connectivity index (χ3v) is 8.11. The van der Waals surface area contributed by atoms with Crippen molar-refractivity contribution in [3.63, 3.8) is 0 Å². The molecule has 152 valence electrons. The van der Waals surface area contributed by atoms with Crippen LogP contribution >= 0.6 is 22.7 Å². The van der Waals surface area contributed by atoms with Crippen molar-refractivity contribution in [3.05, 3.63) is 44.6 Å². The Bertz CT molecular complexity index is 986. The second kappa shape index (κ2) is 6.71. The summed E-state index contributed by atoms with van der Waals surface area (Å²) in [7, 11) is 0. The number of rotatable bonds is 1. The third-order valence-electron chi connectivity index (χ3n) is 5.62. The normalized spacial score (nSPS) is 13.5. The first kappa shape index (κ1) is 21.6. The predicted octanol–water partition coefficient (Wildman–Crippen LogP) is 9.14. The maximum atomic E-state index is 2.49. The van der Waals surface area contributed by atoms with E-state index in [4.69, 9.17) is 0 Å². The van der Waals surface area contributed by atoms with Gasteiger partial charge in [-0.3, -0.25) is 0 Å². The monoisotopic (exact) mass is 412 g/mol. The van der Waals surface area contributed by atoms with Crippen LogP contribution in [0.15, 0.2) is 17.5 Å². The van der Waals surface area contributed by atoms with Crippen molar-refractivity contribution in [2.75, 3.05) is 0 Å². The lowest BCUT2D eigenvalue weighted by Crippen LogP contribution is -2.23. The van der Waals surface area contributed by atoms with E-state index in [1.165, 1.54) is 47.7 Å². The maximum Gasteiger partial charge on any atom is 0.0534 e. The summed E-state index contributed by atoms with van der Waals surface area (Å²) in [5.74, 6) is 0. The molecule has 0 aliphatic carbocycles. The molecule has 3 aromatic rings. The third kappa shape index (κ3) is 3.71. The first-order valence-corrected chi connectivity index (χ1v) is 12.0. The van der Waals surface area contributed by atoms with Gasteiger partial charge < -0.3 is 0 Å². The molecule has 0 aliphatic rings. The number of aryl methyl sites for hydroxylation is 2. The van der Waals surface area contributed by atoms with Crippen LogP contribution in [-0.2, 0) is 16.2 Å². The first-order valence-electron chi connectivity index (χ1n) is 10.3. The Labute approximate surface area is 180 Å². The van der Waals surface area contributed by atoms with Gasteiger partial charge in [-0.25, -0.2) is 0 Å². The predicted molar refractivity (Wildman–Crippen MR) is 131 cm³/mol. The molecule has 0 radical (unpaired) electrons. The highest BCUT2D eigenvalue weighted by Crippen LogP contribution is 2.50. The van der Waals surface area contributed by atoms with Gasteiger partial charge in [0.05, 0.1) is 4.70 Å². The van der Waals surface area contributed by atoms with E-state index in [0.717, 1.165) is 0 Å². The smallest absolute Gasteiger partial charge is 0.0534 e. The summed E-state index contributed by atoms with van der Waals surface area (Å²) in [4.78, 5) is 1.45. The molecule has 0 N–H and O–H groups in total. The fourth-order valence-corrected chi connectivity index (χ4v) is 6.40. The van der Waals surface area contributed by atoms with Crippen molar-refractivity contribution in [1.29, 1.82) is 0 Å². The van der Waals surface area contributed by atoms with Gasteiger partial charge in [0.25, 0.3) is 0 Å². The largest absolute Gasteiger partial charge is 0.142 e. The summed E-state index contributed by atoms with van der Waals surface area (Å²) in [6.45, 7) is 25.7. The molecule has 0 unspecified atom stereocenters. The van der Waals surface area contributed by atoms with E-state index in [1.807, 2.05) is 22.7 Å². The first-order chi connectivity index (χ1) is 12.6. The molecule has 2 aromatic heterocycles. The zero-order valence-electron chi connectivity index (χ0n) is 19.5. The molecule has 0 saturated carbocycles. The van der Waals surface area contributed by atoms with Crippen molar-refractivity contribution >= 4 is 32.1 Å². The van der Waals surface area contributed by atoms with Crippen LogP contribution in [-0.4, -0.2) is 0 Å². The van der Waals surface area contributed by atoms with E-state index in [1.54, 1.807) is 0 Å². The Kier molecular flexibility index (Phi) is 5.17. The molecular formula is C26H36S2. The van der Waals surface area contributed by atoms with E-state index in [0.29, 0.717) is 0 Å². The molecule has 2 heterocycles. The van der Waals surface area contributed by atoms with Crippen LogP contribution in [0.1, 0.15) is 89.4 Å². The molecule has 0 bridgehead atoms. The van der Waals surface area contributed by atoms with Crippen molar-refractivity contribution in [2.24, 2.45) is 0 Å². The minimum atomic E-state index is 0.0869. The summed E-state index contributed by atoms with van der Waals surface area (Å²) in [6, 6.07) is 4.99. The van der Waals surface area contributed by atoms with E-state index in [-0.39, 0.29) is 16.2 Å². The molecule has 0 amide bonds. The average Bonchev–Trinajstić information content (AvgIpc) is 3.02. The SMILES string of the molecule is Cc1sc2c(C)csc2c1-c1c(C(C)(C)C)cc(C(C)(C)C)cc1C(C)(C)C. The van der Waals surface area contributed by atoms with Crippen LogP contribution in [0, 0.1) is 13.8 Å². The van der Waals surface area contributed by atoms with Gasteiger partial charge in [-0.2, -0.15) is 0 Å². The van der Waals surface area contributed by atoms with Crippen LogP contribution in [0.2, 0.25) is 0 Å². The Morgan fingerprint density at radius 1 is 0.643 bits per heavy atom. The van der Waals surface area contributed by atoms with Crippen molar-refractivity contribution in [1.82, 2.24) is 0 Å². The maximum absolute atomic E-state index is 2.49. The minimum Gasteiger partial charge on any atom is -0.142 e. The fraction of sp³-hybridized carbons (Fsp3) is 0.538. The minimum absolute atomic E-state index is 0.0869. The molecule has 0 atom stereocenters. The average molecular weight is 413 g/mol. The molecule has 0 nitrogen and oxygen atoms in total. The van der Waals surface area contributed by atoms with Gasteiger partial charge in [-0.15, -0.1) is 22.7 Å². The fourth-order valence-electron chi connectivity index (χ4n) is 3.91. The Balaban J connectivity index is 2.53. The highest BCUT2D eigenvalue weighted by molar-refractivity contribution is 7.28. The standard InChI is InChI=1S/C26H36S2/c1-15-14-27-23-20(16(2)28-22(15)23)21-18(25(6,7)8)12-17(24(3,4)5)13-19(21)26(9,10)11/h12-14H,1-11H3. The van der Waals surface area contributed by atoms with E-state index < -0.39 is 0 Å². The summed E-state index contributed by atoms with van der Waals surface area (Å²) < 4.78 is 2.94. The lowest BCUT2D eigenvalue weighted by atomic mass is 9.71. The number of hydrogen-bond acceptors (Lipinski definition) is 2. The van der Waals surface area contributed by atoms with Crippen LogP contribution < -0.4 is 0 Å². The Morgan fingerprint density at radius 3 is 1.57 bits per heavy atom. The Morgan fingerprint density at radius 2 is 1.14 bits per heavy atom. The highest BCUT2D eigenvalue weighted by Gasteiger charge is 2.31. The molecule has 0 saturated heterocycles. The lowest BCUT2D eigenvalue weighted by molar-refractivity contribution is 0.551. The molecule has 28 heavy (non-hydrogen) atoms. The van der Waals surface area contributed by atoms with Gasteiger partial charge in [0.1, 0.15) is 0 Å². The second-order valence-electron chi connectivity index (χ2n) is 11.3. The quantitative estimate of drug-likeness (QED) is 0.374. The van der Waals surface area contributed by atoms with Gasteiger partial charge in [-0.05, 0) is 63.3 Å². The van der Waals surface area contributed by atoms with Crippen LogP contribution in [0.3, 0.4) is 0 Å². The van der Waals surface area contributed by atoms with E-state index >= 15 is 0 Å². The van der Waals surface area contributed by atoms with E-state index in [2.05, 4.69) is 93.7 Å². The zero-order chi connectivity index (χ0) is 21.2. The highest BCUT2D eigenvalue weighted by atomic mass is 32.1. The number of hydrogen-bond donors (Lipinski definition) is 0. The van der Waals surface area contributed by atoms with Crippen LogP contribution in [0.25, 0.3) is 20.5 Å². The Hall–Kier alpha value is -1.12. The van der Waals surface area contributed by atoms with Gasteiger partial charge >= 0.3 is 0 Å². The molecule has 1 aromatic carbocycles. The van der Waals surface area contributed by atoms with Crippen LogP contribution in [0.5, 0.6) is 0 Å². The van der Waals surface area contributed by atoms with Crippen molar-refractivity contribution in [2.45, 2.75) is 92.4 Å². The van der Waals surface area contributed by atoms with E-state index in [9.17, 15) is 0 Å². The van der Waals surface area contributed by atoms with Gasteiger partial charge in [0.15, 0.2) is 0 Å².